The Morgan fingerprint density at radius 1 is 0.967 bits per heavy atom. The summed E-state index contributed by atoms with van der Waals surface area (Å²) in [5.41, 5.74) is 0.432. The summed E-state index contributed by atoms with van der Waals surface area (Å²) in [7, 11) is 0. The Labute approximate surface area is 179 Å². The van der Waals surface area contributed by atoms with Gasteiger partial charge < -0.3 is 5.32 Å². The predicted molar refractivity (Wildman–Crippen MR) is 116 cm³/mol. The lowest BCUT2D eigenvalue weighted by Gasteiger charge is -2.13. The molecule has 4 aromatic rings. The summed E-state index contributed by atoms with van der Waals surface area (Å²) >= 11 is 3.35. The lowest BCUT2D eigenvalue weighted by molar-refractivity contribution is -0.116. The molecule has 3 aromatic heterocycles. The number of fused-ring (bicyclic) bond motifs is 1. The minimum atomic E-state index is -0.601. The van der Waals surface area contributed by atoms with E-state index in [-0.39, 0.29) is 18.6 Å². The third-order valence-corrected chi connectivity index (χ3v) is 4.94. The van der Waals surface area contributed by atoms with Crippen molar-refractivity contribution in [2.75, 3.05) is 5.32 Å². The highest BCUT2D eigenvalue weighted by Gasteiger charge is 2.17. The first kappa shape index (κ1) is 19.7. The van der Waals surface area contributed by atoms with Crippen molar-refractivity contribution in [1.82, 2.24) is 19.1 Å². The minimum Gasteiger partial charge on any atom is -0.324 e. The molecule has 4 rings (SSSR count). The topological polar surface area (TPSA) is 98.9 Å². The van der Waals surface area contributed by atoms with Crippen LogP contribution < -0.4 is 16.6 Å². The largest absolute Gasteiger partial charge is 0.332 e. The van der Waals surface area contributed by atoms with E-state index in [2.05, 4.69) is 31.2 Å². The number of halogens is 1. The van der Waals surface area contributed by atoms with Crippen LogP contribution in [0.5, 0.6) is 0 Å². The Morgan fingerprint density at radius 2 is 1.80 bits per heavy atom. The van der Waals surface area contributed by atoms with Gasteiger partial charge in [0.1, 0.15) is 6.54 Å². The maximum atomic E-state index is 13.1. The second kappa shape index (κ2) is 8.42. The first-order valence-electron chi connectivity index (χ1n) is 9.06. The normalized spacial score (nSPS) is 10.8. The van der Waals surface area contributed by atoms with E-state index in [0.717, 1.165) is 9.04 Å². The van der Waals surface area contributed by atoms with Crippen molar-refractivity contribution in [3.8, 4) is 0 Å². The first-order valence-corrected chi connectivity index (χ1v) is 9.86. The molecule has 0 unspecified atom stereocenters. The molecule has 8 nitrogen and oxygen atoms in total. The maximum Gasteiger partial charge on any atom is 0.332 e. The lowest BCUT2D eigenvalue weighted by Crippen LogP contribution is -2.42. The van der Waals surface area contributed by atoms with Crippen LogP contribution >= 0.6 is 15.9 Å². The molecule has 0 saturated carbocycles. The molecule has 9 heteroatoms. The molecule has 0 bridgehead atoms. The molecule has 3 heterocycles. The van der Waals surface area contributed by atoms with E-state index in [1.54, 1.807) is 54.7 Å². The molecule has 1 N–H and O–H groups in total. The molecular weight excluding hydrogens is 450 g/mol. The number of amides is 1. The van der Waals surface area contributed by atoms with Gasteiger partial charge in [-0.3, -0.25) is 23.7 Å². The Balaban J connectivity index is 1.76. The summed E-state index contributed by atoms with van der Waals surface area (Å²) in [6, 6.07) is 15.6. The van der Waals surface area contributed by atoms with Crippen LogP contribution in [0.1, 0.15) is 5.69 Å². The summed E-state index contributed by atoms with van der Waals surface area (Å²) in [6.45, 7) is -0.283. The zero-order valence-corrected chi connectivity index (χ0v) is 17.2. The smallest absolute Gasteiger partial charge is 0.324 e. The molecule has 0 aliphatic heterocycles. The number of anilines is 1. The molecule has 0 fully saturated rings. The first-order chi connectivity index (χ1) is 14.5. The fourth-order valence-electron chi connectivity index (χ4n) is 3.10. The fraction of sp³-hybridized carbons (Fsp3) is 0.0952. The van der Waals surface area contributed by atoms with Crippen LogP contribution in [0.25, 0.3) is 11.0 Å². The van der Waals surface area contributed by atoms with Crippen molar-refractivity contribution in [3.63, 3.8) is 0 Å². The van der Waals surface area contributed by atoms with Gasteiger partial charge in [-0.25, -0.2) is 9.78 Å². The highest BCUT2D eigenvalue weighted by atomic mass is 79.9. The number of nitrogens with one attached hydrogen (secondary N) is 1. The Bertz CT molecular complexity index is 1350. The molecule has 1 amide bonds. The zero-order valence-electron chi connectivity index (χ0n) is 15.7. The van der Waals surface area contributed by atoms with Crippen molar-refractivity contribution < 1.29 is 4.79 Å². The standard InChI is InChI=1S/C21H16BrN5O3/c22-14-5-3-7-15(11-14)25-18(28)13-26-17-8-4-10-24-19(17)20(29)27(21(26)30)12-16-6-1-2-9-23-16/h1-11H,12-13H2,(H,25,28). The second-order valence-electron chi connectivity index (χ2n) is 6.51. The van der Waals surface area contributed by atoms with Crippen LogP contribution in [0.15, 0.2) is 81.1 Å². The number of nitrogens with zero attached hydrogens (tertiary/aromatic N) is 4. The number of hydrogen-bond donors (Lipinski definition) is 1. The maximum absolute atomic E-state index is 13.1. The van der Waals surface area contributed by atoms with Crippen LogP contribution in [0, 0.1) is 0 Å². The van der Waals surface area contributed by atoms with Crippen LogP contribution in [0.4, 0.5) is 5.69 Å². The van der Waals surface area contributed by atoms with Gasteiger partial charge in [0, 0.05) is 22.6 Å². The van der Waals surface area contributed by atoms with E-state index in [1.165, 1.54) is 10.8 Å². The van der Waals surface area contributed by atoms with Gasteiger partial charge in [0.2, 0.25) is 5.91 Å². The summed E-state index contributed by atoms with van der Waals surface area (Å²) in [5, 5.41) is 2.76. The highest BCUT2D eigenvalue weighted by molar-refractivity contribution is 9.10. The summed E-state index contributed by atoms with van der Waals surface area (Å²) in [6.07, 6.45) is 3.06. The SMILES string of the molecule is O=C(Cn1c(=O)n(Cc2ccccn2)c(=O)c2ncccc21)Nc1cccc(Br)c1. The number of carbonyl (C=O) groups is 1. The molecule has 150 valence electrons. The molecule has 0 aliphatic rings. The number of hydrogen-bond acceptors (Lipinski definition) is 5. The molecule has 0 aliphatic carbocycles. The summed E-state index contributed by atoms with van der Waals surface area (Å²) in [4.78, 5) is 47.0. The van der Waals surface area contributed by atoms with Crippen molar-refractivity contribution in [1.29, 1.82) is 0 Å². The predicted octanol–water partition coefficient (Wildman–Crippen LogP) is 2.40. The third-order valence-electron chi connectivity index (χ3n) is 4.44. The van der Waals surface area contributed by atoms with Gasteiger partial charge in [0.25, 0.3) is 5.56 Å². The number of aromatic nitrogens is 4. The Morgan fingerprint density at radius 3 is 2.57 bits per heavy atom. The van der Waals surface area contributed by atoms with Crippen molar-refractivity contribution in [3.05, 3.63) is 98.0 Å². The molecule has 30 heavy (non-hydrogen) atoms. The van der Waals surface area contributed by atoms with Gasteiger partial charge in [-0.15, -0.1) is 0 Å². The Kier molecular flexibility index (Phi) is 5.53. The minimum absolute atomic E-state index is 0.0156. The van der Waals surface area contributed by atoms with E-state index in [4.69, 9.17) is 0 Å². The van der Waals surface area contributed by atoms with Crippen molar-refractivity contribution >= 4 is 38.6 Å². The molecule has 0 atom stereocenters. The zero-order chi connectivity index (χ0) is 21.1. The monoisotopic (exact) mass is 465 g/mol. The third kappa shape index (κ3) is 4.06. The van der Waals surface area contributed by atoms with Gasteiger partial charge >= 0.3 is 5.69 Å². The van der Waals surface area contributed by atoms with Gasteiger partial charge in [-0.05, 0) is 42.5 Å². The van der Waals surface area contributed by atoms with Crippen LogP contribution in [-0.2, 0) is 17.9 Å². The number of rotatable bonds is 5. The van der Waals surface area contributed by atoms with E-state index in [0.29, 0.717) is 16.9 Å². The van der Waals surface area contributed by atoms with Gasteiger partial charge in [0.05, 0.1) is 17.8 Å². The second-order valence-corrected chi connectivity index (χ2v) is 7.43. The lowest BCUT2D eigenvalue weighted by atomic mass is 10.3. The summed E-state index contributed by atoms with van der Waals surface area (Å²) in [5.74, 6) is -0.400. The number of pyridine rings is 2. The van der Waals surface area contributed by atoms with Crippen molar-refractivity contribution in [2.24, 2.45) is 0 Å². The van der Waals surface area contributed by atoms with E-state index in [1.807, 2.05) is 6.07 Å². The number of carbonyl (C=O) groups excluding carboxylic acids is 1. The van der Waals surface area contributed by atoms with Gasteiger partial charge in [-0.2, -0.15) is 0 Å². The van der Waals surface area contributed by atoms with Crippen molar-refractivity contribution in [2.45, 2.75) is 13.1 Å². The molecule has 0 spiro atoms. The molecule has 0 radical (unpaired) electrons. The average Bonchev–Trinajstić information content (AvgIpc) is 2.75. The highest BCUT2D eigenvalue weighted by Crippen LogP contribution is 2.15. The van der Waals surface area contributed by atoms with E-state index >= 15 is 0 Å². The summed E-state index contributed by atoms with van der Waals surface area (Å²) < 4.78 is 3.11. The van der Waals surface area contributed by atoms with Gasteiger partial charge in [-0.1, -0.05) is 28.1 Å². The molecule has 0 saturated heterocycles. The van der Waals surface area contributed by atoms with Gasteiger partial charge in [0.15, 0.2) is 5.52 Å². The Hall–Kier alpha value is -3.59. The van der Waals surface area contributed by atoms with Crippen LogP contribution in [0.3, 0.4) is 0 Å². The van der Waals surface area contributed by atoms with E-state index in [9.17, 15) is 14.4 Å². The number of benzene rings is 1. The average molecular weight is 466 g/mol. The molecular formula is C21H16BrN5O3. The van der Waals surface area contributed by atoms with Crippen LogP contribution in [-0.4, -0.2) is 25.0 Å². The van der Waals surface area contributed by atoms with Crippen LogP contribution in [0.2, 0.25) is 0 Å². The van der Waals surface area contributed by atoms with E-state index < -0.39 is 17.2 Å². The fourth-order valence-corrected chi connectivity index (χ4v) is 3.50. The molecule has 1 aromatic carbocycles. The quantitative estimate of drug-likeness (QED) is 0.487.